The molecule has 1 aromatic heterocycles. The third kappa shape index (κ3) is 7.91. The smallest absolute Gasteiger partial charge is 0.207 e. The second-order valence-electron chi connectivity index (χ2n) is 11.6. The number of ether oxygens (including phenoxy) is 2. The molecule has 7 nitrogen and oxygen atoms in total. The lowest BCUT2D eigenvalue weighted by molar-refractivity contribution is 0.109. The van der Waals surface area contributed by atoms with Crippen molar-refractivity contribution in [3.63, 3.8) is 0 Å². The van der Waals surface area contributed by atoms with E-state index in [1.165, 1.54) is 11.1 Å². The summed E-state index contributed by atoms with van der Waals surface area (Å²) in [6.07, 6.45) is 1.66. The van der Waals surface area contributed by atoms with Gasteiger partial charge in [-0.15, -0.1) is 0 Å². The first kappa shape index (κ1) is 32.7. The van der Waals surface area contributed by atoms with E-state index in [4.69, 9.17) is 14.0 Å². The minimum atomic E-state index is 0.162. The Morgan fingerprint density at radius 1 is 0.891 bits per heavy atom. The number of nitrogens with zero attached hydrogens (tertiary/aromatic N) is 1. The highest BCUT2D eigenvalue weighted by molar-refractivity contribution is 5.93. The molecule has 0 amide bonds. The molecule has 0 bridgehead atoms. The van der Waals surface area contributed by atoms with Crippen molar-refractivity contribution in [1.29, 1.82) is 0 Å². The molecular formula is C39H43N3O4. The van der Waals surface area contributed by atoms with Crippen LogP contribution in [0, 0.1) is 0 Å². The third-order valence-corrected chi connectivity index (χ3v) is 8.02. The molecule has 0 spiro atoms. The fraction of sp³-hybridized carbons (Fsp3) is 0.282. The normalized spacial score (nSPS) is 12.2. The minimum absolute atomic E-state index is 0.162. The molecule has 0 atom stereocenters. The summed E-state index contributed by atoms with van der Waals surface area (Å²) in [7, 11) is 1.93. The van der Waals surface area contributed by atoms with E-state index in [9.17, 15) is 4.79 Å². The van der Waals surface area contributed by atoms with Crippen molar-refractivity contribution in [2.24, 2.45) is 0 Å². The molecule has 238 valence electrons. The van der Waals surface area contributed by atoms with Gasteiger partial charge in [-0.25, -0.2) is 0 Å². The second-order valence-corrected chi connectivity index (χ2v) is 11.6. The maximum absolute atomic E-state index is 12.2. The molecule has 0 fully saturated rings. The second kappa shape index (κ2) is 16.0. The molecule has 1 aliphatic rings. The van der Waals surface area contributed by atoms with Crippen LogP contribution in [0.4, 0.5) is 0 Å². The zero-order chi connectivity index (χ0) is 32.3. The molecule has 0 saturated heterocycles. The number of aldehydes is 1. The van der Waals surface area contributed by atoms with Crippen LogP contribution in [-0.2, 0) is 26.2 Å². The monoisotopic (exact) mass is 617 g/mol. The number of benzene rings is 4. The zero-order valence-corrected chi connectivity index (χ0v) is 27.1. The quantitative estimate of drug-likeness (QED) is 0.145. The first-order valence-electron chi connectivity index (χ1n) is 16.0. The molecule has 0 aliphatic carbocycles. The molecule has 7 heteroatoms. The Labute approximate surface area is 271 Å². The Balaban J connectivity index is 0.000000985. The van der Waals surface area contributed by atoms with Gasteiger partial charge in [0.05, 0.1) is 5.56 Å². The standard InChI is InChI=1S/C36H34N2O4.C3H9N/c1-24(2)30-18-31(36-35(34(21-39)42-38-36)28-13-14-29-20-37-16-15-27(29)17-28)33(41-23-26-11-7-4-8-12-26)19-32(30)40-22-25-9-5-3-6-10-25;1-3-4-2/h3-14,17-19,21,24,37H,15-16,20,22-23H2,1-2H3;4H,3H2,1-2H3. The van der Waals surface area contributed by atoms with Crippen LogP contribution in [-0.4, -0.2) is 31.6 Å². The average molecular weight is 618 g/mol. The topological polar surface area (TPSA) is 85.6 Å². The van der Waals surface area contributed by atoms with Gasteiger partial charge in [-0.2, -0.15) is 0 Å². The lowest BCUT2D eigenvalue weighted by atomic mass is 9.91. The van der Waals surface area contributed by atoms with Crippen molar-refractivity contribution >= 4 is 6.29 Å². The predicted molar refractivity (Wildman–Crippen MR) is 183 cm³/mol. The molecule has 6 rings (SSSR count). The molecule has 0 radical (unpaired) electrons. The van der Waals surface area contributed by atoms with Gasteiger partial charge in [0.15, 0.2) is 6.29 Å². The third-order valence-electron chi connectivity index (χ3n) is 8.02. The fourth-order valence-corrected chi connectivity index (χ4v) is 5.41. The number of aromatic nitrogens is 1. The Bertz CT molecular complexity index is 1710. The number of rotatable bonds is 11. The molecule has 4 aromatic carbocycles. The van der Waals surface area contributed by atoms with Gasteiger partial charge in [0.2, 0.25) is 5.76 Å². The van der Waals surface area contributed by atoms with E-state index in [0.29, 0.717) is 30.2 Å². The van der Waals surface area contributed by atoms with Crippen molar-refractivity contribution in [3.05, 3.63) is 125 Å². The molecule has 0 unspecified atom stereocenters. The summed E-state index contributed by atoms with van der Waals surface area (Å²) < 4.78 is 18.5. The Kier molecular flexibility index (Phi) is 11.4. The highest BCUT2D eigenvalue weighted by Gasteiger charge is 2.25. The van der Waals surface area contributed by atoms with Crippen LogP contribution in [0.15, 0.2) is 95.5 Å². The van der Waals surface area contributed by atoms with E-state index in [0.717, 1.165) is 65.9 Å². The van der Waals surface area contributed by atoms with Crippen molar-refractivity contribution in [2.75, 3.05) is 20.1 Å². The van der Waals surface area contributed by atoms with E-state index in [-0.39, 0.29) is 11.7 Å². The molecule has 2 heterocycles. The number of fused-ring (bicyclic) bond motifs is 1. The van der Waals surface area contributed by atoms with Crippen LogP contribution in [0.25, 0.3) is 22.4 Å². The van der Waals surface area contributed by atoms with E-state index < -0.39 is 0 Å². The summed E-state index contributed by atoms with van der Waals surface area (Å²) in [5.74, 6) is 1.72. The van der Waals surface area contributed by atoms with Crippen LogP contribution >= 0.6 is 0 Å². The fourth-order valence-electron chi connectivity index (χ4n) is 5.41. The Hall–Kier alpha value is -4.72. The number of nitrogens with one attached hydrogen (secondary N) is 2. The maximum Gasteiger partial charge on any atom is 0.207 e. The Morgan fingerprint density at radius 3 is 2.15 bits per heavy atom. The van der Waals surface area contributed by atoms with Gasteiger partial charge in [0.25, 0.3) is 0 Å². The summed E-state index contributed by atoms with van der Waals surface area (Å²) in [6.45, 7) is 9.98. The van der Waals surface area contributed by atoms with E-state index in [2.05, 4.69) is 54.8 Å². The lowest BCUT2D eigenvalue weighted by Crippen LogP contribution is -2.23. The zero-order valence-electron chi connectivity index (χ0n) is 27.1. The minimum Gasteiger partial charge on any atom is -0.488 e. The number of carbonyl (C=O) groups is 1. The summed E-state index contributed by atoms with van der Waals surface area (Å²) in [5, 5.41) is 10.8. The first-order valence-corrected chi connectivity index (χ1v) is 16.0. The summed E-state index contributed by atoms with van der Waals surface area (Å²) in [5.41, 5.74) is 8.58. The number of hydrogen-bond donors (Lipinski definition) is 2. The molecular weight excluding hydrogens is 574 g/mol. The molecule has 5 aromatic rings. The van der Waals surface area contributed by atoms with Gasteiger partial charge >= 0.3 is 0 Å². The number of hydrogen-bond acceptors (Lipinski definition) is 7. The van der Waals surface area contributed by atoms with Crippen LogP contribution in [0.3, 0.4) is 0 Å². The summed E-state index contributed by atoms with van der Waals surface area (Å²) in [4.78, 5) is 12.2. The van der Waals surface area contributed by atoms with Crippen molar-refractivity contribution in [1.82, 2.24) is 15.8 Å². The van der Waals surface area contributed by atoms with Gasteiger partial charge in [0, 0.05) is 18.2 Å². The van der Waals surface area contributed by atoms with Crippen LogP contribution in [0.5, 0.6) is 11.5 Å². The Morgan fingerprint density at radius 2 is 1.54 bits per heavy atom. The molecule has 2 N–H and O–H groups in total. The van der Waals surface area contributed by atoms with Crippen molar-refractivity contribution in [2.45, 2.75) is 52.9 Å². The molecule has 1 aliphatic heterocycles. The van der Waals surface area contributed by atoms with Gasteiger partial charge in [-0.1, -0.05) is 105 Å². The van der Waals surface area contributed by atoms with Gasteiger partial charge in [0.1, 0.15) is 30.4 Å². The predicted octanol–water partition coefficient (Wildman–Crippen LogP) is 7.97. The van der Waals surface area contributed by atoms with E-state index in [1.54, 1.807) is 0 Å². The summed E-state index contributed by atoms with van der Waals surface area (Å²) in [6, 6.07) is 30.5. The van der Waals surface area contributed by atoms with Crippen LogP contribution in [0.1, 0.15) is 65.1 Å². The average Bonchev–Trinajstić information content (AvgIpc) is 3.54. The van der Waals surface area contributed by atoms with Crippen LogP contribution in [0.2, 0.25) is 0 Å². The van der Waals surface area contributed by atoms with Crippen LogP contribution < -0.4 is 20.1 Å². The maximum atomic E-state index is 12.2. The van der Waals surface area contributed by atoms with E-state index >= 15 is 0 Å². The largest absolute Gasteiger partial charge is 0.488 e. The van der Waals surface area contributed by atoms with E-state index in [1.807, 2.05) is 79.8 Å². The highest BCUT2D eigenvalue weighted by atomic mass is 16.5. The summed E-state index contributed by atoms with van der Waals surface area (Å²) >= 11 is 0. The molecule has 46 heavy (non-hydrogen) atoms. The van der Waals surface area contributed by atoms with Gasteiger partial charge < -0.3 is 24.6 Å². The first-order chi connectivity index (χ1) is 22.5. The van der Waals surface area contributed by atoms with Gasteiger partial charge in [-0.05, 0) is 71.9 Å². The molecule has 0 saturated carbocycles. The van der Waals surface area contributed by atoms with Gasteiger partial charge in [-0.3, -0.25) is 4.79 Å². The highest BCUT2D eigenvalue weighted by Crippen LogP contribution is 2.44. The van der Waals surface area contributed by atoms with Crippen molar-refractivity contribution in [3.8, 4) is 33.9 Å². The SMILES string of the molecule is CC(C)c1cc(-c2noc(C=O)c2-c2ccc3c(c2)CCNC3)c(OCc2ccccc2)cc1OCc1ccccc1.CCNC. The lowest BCUT2D eigenvalue weighted by Gasteiger charge is -2.20. The number of carbonyl (C=O) groups excluding carboxylic acids is 1. The van der Waals surface area contributed by atoms with Crippen molar-refractivity contribution < 1.29 is 18.8 Å².